The topological polar surface area (TPSA) is 45.7 Å². The summed E-state index contributed by atoms with van der Waals surface area (Å²) in [5, 5.41) is 12.3. The molecule has 0 fully saturated rings. The molecule has 0 radical (unpaired) electrons. The van der Waals surface area contributed by atoms with E-state index in [0.29, 0.717) is 5.92 Å². The minimum atomic E-state index is 0.384. The summed E-state index contributed by atoms with van der Waals surface area (Å²) in [6.45, 7) is 2.11. The maximum absolute atomic E-state index is 8.90. The zero-order valence-corrected chi connectivity index (χ0v) is 7.66. The van der Waals surface area contributed by atoms with Gasteiger partial charge in [-0.15, -0.1) is 0 Å². The van der Waals surface area contributed by atoms with Crippen LogP contribution in [0.5, 0.6) is 0 Å². The molecule has 70 valence electrons. The fourth-order valence-corrected chi connectivity index (χ4v) is 1.96. The third-order valence-electron chi connectivity index (χ3n) is 2.73. The van der Waals surface area contributed by atoms with Crippen LogP contribution >= 0.6 is 0 Å². The first-order valence-corrected chi connectivity index (χ1v) is 4.65. The molecule has 1 aromatic heterocycles. The molecule has 0 bridgehead atoms. The molecule has 1 unspecified atom stereocenters. The van der Waals surface area contributed by atoms with Crippen LogP contribution < -0.4 is 0 Å². The van der Waals surface area contributed by atoms with Crippen molar-refractivity contribution in [3.63, 3.8) is 0 Å². The second kappa shape index (κ2) is 3.24. The lowest BCUT2D eigenvalue weighted by atomic mass is 9.84. The Balaban J connectivity index is 2.41. The molecule has 1 aliphatic carbocycles. The minimum absolute atomic E-state index is 0.384. The van der Waals surface area contributed by atoms with E-state index < -0.39 is 0 Å². The van der Waals surface area contributed by atoms with Gasteiger partial charge in [-0.05, 0) is 18.9 Å². The first-order valence-electron chi connectivity index (χ1n) is 4.65. The van der Waals surface area contributed by atoms with Crippen molar-refractivity contribution in [1.82, 2.24) is 0 Å². The fourth-order valence-electron chi connectivity index (χ4n) is 1.96. The molecule has 0 saturated carbocycles. The van der Waals surface area contributed by atoms with Crippen LogP contribution in [0.4, 0.5) is 0 Å². The molecule has 0 amide bonds. The molecule has 3 nitrogen and oxygen atoms in total. The molecule has 0 aliphatic heterocycles. The largest absolute Gasteiger partial charge is 0.469 e. The van der Waals surface area contributed by atoms with Gasteiger partial charge in [0.15, 0.2) is 0 Å². The average molecular weight is 179 g/mol. The minimum Gasteiger partial charge on any atom is -0.469 e. The Hall–Kier alpha value is -1.25. The highest BCUT2D eigenvalue weighted by Crippen LogP contribution is 2.28. The molecule has 1 heterocycles. The van der Waals surface area contributed by atoms with Crippen molar-refractivity contribution >= 4 is 5.71 Å². The predicted octanol–water partition coefficient (Wildman–Crippen LogP) is 2.43. The predicted molar refractivity (Wildman–Crippen MR) is 49.1 cm³/mol. The molecule has 1 aliphatic rings. The van der Waals surface area contributed by atoms with E-state index in [2.05, 4.69) is 12.1 Å². The van der Waals surface area contributed by atoms with E-state index in [4.69, 9.17) is 9.62 Å². The molecule has 0 aromatic carbocycles. The zero-order chi connectivity index (χ0) is 9.26. The number of furan rings is 1. The number of hydrogen-bond acceptors (Lipinski definition) is 3. The van der Waals surface area contributed by atoms with Gasteiger partial charge in [-0.1, -0.05) is 12.1 Å². The van der Waals surface area contributed by atoms with Gasteiger partial charge >= 0.3 is 0 Å². The summed E-state index contributed by atoms with van der Waals surface area (Å²) >= 11 is 0. The Morgan fingerprint density at radius 1 is 1.69 bits per heavy atom. The molecule has 1 aromatic rings. The Kier molecular flexibility index (Phi) is 2.08. The van der Waals surface area contributed by atoms with E-state index in [0.717, 1.165) is 36.3 Å². The first kappa shape index (κ1) is 8.35. The lowest BCUT2D eigenvalue weighted by molar-refractivity contribution is 0.312. The Morgan fingerprint density at radius 3 is 3.23 bits per heavy atom. The number of nitrogens with zero attached hydrogens (tertiary/aromatic N) is 1. The summed E-state index contributed by atoms with van der Waals surface area (Å²) in [5.41, 5.74) is 1.78. The second-order valence-electron chi connectivity index (χ2n) is 3.39. The summed E-state index contributed by atoms with van der Waals surface area (Å²) in [5.74, 6) is 1.34. The van der Waals surface area contributed by atoms with E-state index in [1.807, 2.05) is 6.07 Å². The van der Waals surface area contributed by atoms with Crippen LogP contribution in [-0.4, -0.2) is 10.9 Å². The molecule has 0 saturated heterocycles. The zero-order valence-electron chi connectivity index (χ0n) is 7.66. The summed E-state index contributed by atoms with van der Waals surface area (Å²) < 4.78 is 5.29. The molecule has 1 atom stereocenters. The van der Waals surface area contributed by atoms with Crippen molar-refractivity contribution in [3.8, 4) is 0 Å². The van der Waals surface area contributed by atoms with Crippen LogP contribution in [0.25, 0.3) is 0 Å². The molecule has 0 spiro atoms. The van der Waals surface area contributed by atoms with Crippen molar-refractivity contribution in [2.45, 2.75) is 26.2 Å². The van der Waals surface area contributed by atoms with Crippen LogP contribution in [0.1, 0.15) is 31.1 Å². The molecule has 13 heavy (non-hydrogen) atoms. The van der Waals surface area contributed by atoms with Gasteiger partial charge in [0.25, 0.3) is 0 Å². The highest BCUT2D eigenvalue weighted by Gasteiger charge is 2.26. The van der Waals surface area contributed by atoms with Gasteiger partial charge < -0.3 is 9.62 Å². The van der Waals surface area contributed by atoms with E-state index in [-0.39, 0.29) is 0 Å². The average Bonchev–Trinajstić information content (AvgIpc) is 2.63. The lowest BCUT2D eigenvalue weighted by Crippen LogP contribution is -2.21. The van der Waals surface area contributed by atoms with Gasteiger partial charge in [-0.25, -0.2) is 0 Å². The van der Waals surface area contributed by atoms with Crippen LogP contribution in [0.3, 0.4) is 0 Å². The number of hydrogen-bond donors (Lipinski definition) is 1. The molecule has 3 heteroatoms. The number of oxime groups is 1. The number of aryl methyl sites for hydroxylation is 1. The van der Waals surface area contributed by atoms with E-state index >= 15 is 0 Å². The third-order valence-corrected chi connectivity index (χ3v) is 2.73. The van der Waals surface area contributed by atoms with Crippen molar-refractivity contribution in [1.29, 1.82) is 0 Å². The van der Waals surface area contributed by atoms with Crippen LogP contribution in [0, 0.1) is 5.92 Å². The summed E-state index contributed by atoms with van der Waals surface area (Å²) in [7, 11) is 0. The quantitative estimate of drug-likeness (QED) is 0.531. The summed E-state index contributed by atoms with van der Waals surface area (Å²) in [6.07, 6.45) is 4.66. The molecular formula is C10H13NO2. The maximum Gasteiger partial charge on any atom is 0.112 e. The molecule has 2 rings (SSSR count). The van der Waals surface area contributed by atoms with Gasteiger partial charge in [-0.3, -0.25) is 0 Å². The smallest absolute Gasteiger partial charge is 0.112 e. The molecule has 1 N–H and O–H groups in total. The Morgan fingerprint density at radius 2 is 2.54 bits per heavy atom. The van der Waals surface area contributed by atoms with Crippen molar-refractivity contribution in [2.75, 3.05) is 0 Å². The normalized spacial score (nSPS) is 24.7. The number of rotatable bonds is 1. The second-order valence-corrected chi connectivity index (χ2v) is 3.39. The Bertz CT molecular complexity index is 327. The number of fused-ring (bicyclic) bond motifs is 1. The highest BCUT2D eigenvalue weighted by molar-refractivity contribution is 6.03. The standard InChI is InChI=1S/C10H13NO2/c1-2-7-3-4-9-8(5-6-13-9)10(7)11-12/h5-7,12H,2-4H2,1H3. The monoisotopic (exact) mass is 179 g/mol. The third kappa shape index (κ3) is 1.24. The lowest BCUT2D eigenvalue weighted by Gasteiger charge is -2.20. The Labute approximate surface area is 77.1 Å². The van der Waals surface area contributed by atoms with E-state index in [1.54, 1.807) is 6.26 Å². The van der Waals surface area contributed by atoms with Gasteiger partial charge in [0.1, 0.15) is 5.76 Å². The highest BCUT2D eigenvalue weighted by atomic mass is 16.4. The SMILES string of the molecule is CCC1CCc2occc2C1=NO. The first-order chi connectivity index (χ1) is 6.36. The van der Waals surface area contributed by atoms with Crippen LogP contribution in [0.15, 0.2) is 21.9 Å². The van der Waals surface area contributed by atoms with Gasteiger partial charge in [0.05, 0.1) is 12.0 Å². The van der Waals surface area contributed by atoms with Gasteiger partial charge in [0, 0.05) is 17.9 Å². The molecular weight excluding hydrogens is 166 g/mol. The van der Waals surface area contributed by atoms with Gasteiger partial charge in [0.2, 0.25) is 0 Å². The van der Waals surface area contributed by atoms with Crippen molar-refractivity contribution in [3.05, 3.63) is 23.7 Å². The van der Waals surface area contributed by atoms with E-state index in [1.165, 1.54) is 0 Å². The van der Waals surface area contributed by atoms with Crippen molar-refractivity contribution < 1.29 is 9.62 Å². The van der Waals surface area contributed by atoms with Crippen LogP contribution in [-0.2, 0) is 6.42 Å². The fraction of sp³-hybridized carbons (Fsp3) is 0.500. The van der Waals surface area contributed by atoms with Gasteiger partial charge in [-0.2, -0.15) is 0 Å². The summed E-state index contributed by atoms with van der Waals surface area (Å²) in [4.78, 5) is 0. The maximum atomic E-state index is 8.90. The van der Waals surface area contributed by atoms with Crippen molar-refractivity contribution in [2.24, 2.45) is 11.1 Å². The van der Waals surface area contributed by atoms with E-state index in [9.17, 15) is 0 Å². The van der Waals surface area contributed by atoms with Crippen LogP contribution in [0.2, 0.25) is 0 Å². The summed E-state index contributed by atoms with van der Waals surface area (Å²) in [6, 6.07) is 1.88.